The summed E-state index contributed by atoms with van der Waals surface area (Å²) >= 11 is 0. The number of rotatable bonds is 9. The molecule has 25 heavy (non-hydrogen) atoms. The summed E-state index contributed by atoms with van der Waals surface area (Å²) in [6, 6.07) is 18.9. The van der Waals surface area contributed by atoms with E-state index in [0.717, 1.165) is 17.9 Å². The van der Waals surface area contributed by atoms with Gasteiger partial charge in [0.1, 0.15) is 5.82 Å². The van der Waals surface area contributed by atoms with E-state index in [2.05, 4.69) is 72.2 Å². The Morgan fingerprint density at radius 1 is 0.800 bits per heavy atom. The minimum Gasteiger partial charge on any atom is -0.324 e. The van der Waals surface area contributed by atoms with E-state index in [-0.39, 0.29) is 0 Å². The molecule has 0 saturated carbocycles. The van der Waals surface area contributed by atoms with Gasteiger partial charge in [0.25, 0.3) is 0 Å². The lowest BCUT2D eigenvalue weighted by Crippen LogP contribution is -2.00. The highest BCUT2D eigenvalue weighted by Crippen LogP contribution is 2.19. The summed E-state index contributed by atoms with van der Waals surface area (Å²) in [7, 11) is 0. The van der Waals surface area contributed by atoms with Crippen LogP contribution in [0.15, 0.2) is 54.6 Å². The van der Waals surface area contributed by atoms with E-state index < -0.39 is 0 Å². The average molecular weight is 332 g/mol. The van der Waals surface area contributed by atoms with Crippen molar-refractivity contribution in [2.75, 3.05) is 0 Å². The Kier molecular flexibility index (Phi) is 6.44. The van der Waals surface area contributed by atoms with E-state index in [1.54, 1.807) is 0 Å². The Balaban J connectivity index is 1.74. The van der Waals surface area contributed by atoms with E-state index in [0.29, 0.717) is 0 Å². The van der Waals surface area contributed by atoms with Crippen LogP contribution in [0.25, 0.3) is 23.2 Å². The molecule has 1 heterocycles. The van der Waals surface area contributed by atoms with Gasteiger partial charge < -0.3 is 4.57 Å². The van der Waals surface area contributed by atoms with Crippen LogP contribution in [0.3, 0.4) is 0 Å². The fourth-order valence-corrected chi connectivity index (χ4v) is 3.24. The molecule has 0 N–H and O–H groups in total. The normalized spacial score (nSPS) is 11.6. The SMILES string of the molecule is CCCCCCCCn1c(/C=C/c2ccccc2)nc2ccccc21. The van der Waals surface area contributed by atoms with Crippen molar-refractivity contribution in [2.45, 2.75) is 52.0 Å². The first kappa shape index (κ1) is 17.5. The highest BCUT2D eigenvalue weighted by molar-refractivity contribution is 5.79. The maximum atomic E-state index is 4.83. The van der Waals surface area contributed by atoms with Gasteiger partial charge in [-0.2, -0.15) is 0 Å². The van der Waals surface area contributed by atoms with Gasteiger partial charge in [0, 0.05) is 6.54 Å². The second-order valence-electron chi connectivity index (χ2n) is 6.62. The summed E-state index contributed by atoms with van der Waals surface area (Å²) < 4.78 is 2.37. The molecule has 3 aromatic rings. The van der Waals surface area contributed by atoms with Crippen molar-refractivity contribution >= 4 is 23.2 Å². The van der Waals surface area contributed by atoms with Crippen LogP contribution in [0, 0.1) is 0 Å². The minimum absolute atomic E-state index is 1.04. The van der Waals surface area contributed by atoms with Gasteiger partial charge in [0.05, 0.1) is 11.0 Å². The Bertz CT molecular complexity index is 799. The monoisotopic (exact) mass is 332 g/mol. The van der Waals surface area contributed by atoms with Crippen molar-refractivity contribution in [3.8, 4) is 0 Å². The third-order valence-corrected chi connectivity index (χ3v) is 4.64. The number of hydrogen-bond donors (Lipinski definition) is 0. The van der Waals surface area contributed by atoms with Gasteiger partial charge in [0.2, 0.25) is 0 Å². The predicted molar refractivity (Wildman–Crippen MR) is 108 cm³/mol. The topological polar surface area (TPSA) is 17.8 Å². The number of aryl methyl sites for hydroxylation is 1. The number of imidazole rings is 1. The van der Waals surface area contributed by atoms with Gasteiger partial charge in [-0.1, -0.05) is 87.6 Å². The molecule has 2 nitrogen and oxygen atoms in total. The van der Waals surface area contributed by atoms with Crippen LogP contribution in [0.5, 0.6) is 0 Å². The summed E-state index contributed by atoms with van der Waals surface area (Å²) in [6.45, 7) is 3.31. The Hall–Kier alpha value is -2.35. The summed E-state index contributed by atoms with van der Waals surface area (Å²) in [4.78, 5) is 4.83. The first-order chi connectivity index (χ1) is 12.4. The highest BCUT2D eigenvalue weighted by Gasteiger charge is 2.07. The molecule has 3 rings (SSSR count). The lowest BCUT2D eigenvalue weighted by molar-refractivity contribution is 0.562. The third kappa shape index (κ3) is 4.82. The smallest absolute Gasteiger partial charge is 0.133 e. The van der Waals surface area contributed by atoms with Gasteiger partial charge in [0.15, 0.2) is 0 Å². The second-order valence-corrected chi connectivity index (χ2v) is 6.62. The lowest BCUT2D eigenvalue weighted by atomic mass is 10.1. The molecule has 0 bridgehead atoms. The number of hydrogen-bond acceptors (Lipinski definition) is 1. The van der Waals surface area contributed by atoms with Crippen LogP contribution < -0.4 is 0 Å². The van der Waals surface area contributed by atoms with E-state index >= 15 is 0 Å². The molecule has 0 aliphatic carbocycles. The Morgan fingerprint density at radius 2 is 1.52 bits per heavy atom. The fraction of sp³-hybridized carbons (Fsp3) is 0.348. The molecule has 0 unspecified atom stereocenters. The molecule has 130 valence electrons. The van der Waals surface area contributed by atoms with Gasteiger partial charge in [-0.05, 0) is 30.2 Å². The van der Waals surface area contributed by atoms with Crippen molar-refractivity contribution in [1.82, 2.24) is 9.55 Å². The maximum Gasteiger partial charge on any atom is 0.133 e. The molecular formula is C23H28N2. The molecule has 0 saturated heterocycles. The third-order valence-electron chi connectivity index (χ3n) is 4.64. The lowest BCUT2D eigenvalue weighted by Gasteiger charge is -2.07. The molecule has 0 spiro atoms. The zero-order chi connectivity index (χ0) is 17.3. The summed E-state index contributed by atoms with van der Waals surface area (Å²) in [5, 5.41) is 0. The number of para-hydroxylation sites is 2. The number of aromatic nitrogens is 2. The summed E-state index contributed by atoms with van der Waals surface area (Å²) in [6.07, 6.45) is 12.2. The van der Waals surface area contributed by atoms with Crippen LogP contribution in [0.1, 0.15) is 56.8 Å². The number of benzene rings is 2. The number of nitrogens with zero attached hydrogens (tertiary/aromatic N) is 2. The molecule has 0 radical (unpaired) electrons. The zero-order valence-electron chi connectivity index (χ0n) is 15.2. The molecule has 0 fully saturated rings. The molecule has 0 aliphatic heterocycles. The Morgan fingerprint density at radius 3 is 2.36 bits per heavy atom. The molecule has 1 aromatic heterocycles. The largest absolute Gasteiger partial charge is 0.324 e. The molecule has 2 aromatic carbocycles. The molecular weight excluding hydrogens is 304 g/mol. The maximum absolute atomic E-state index is 4.83. The van der Waals surface area contributed by atoms with E-state index in [9.17, 15) is 0 Å². The first-order valence-corrected chi connectivity index (χ1v) is 9.57. The summed E-state index contributed by atoms with van der Waals surface area (Å²) in [5.74, 6) is 1.05. The minimum atomic E-state index is 1.04. The zero-order valence-corrected chi connectivity index (χ0v) is 15.2. The van der Waals surface area contributed by atoms with Crippen molar-refractivity contribution in [3.05, 3.63) is 66.0 Å². The summed E-state index contributed by atoms with van der Waals surface area (Å²) in [5.41, 5.74) is 3.53. The number of unbranched alkanes of at least 4 members (excludes halogenated alkanes) is 5. The average Bonchev–Trinajstić information content (AvgIpc) is 3.01. The van der Waals surface area contributed by atoms with Crippen LogP contribution >= 0.6 is 0 Å². The standard InChI is InChI=1S/C23H28N2/c1-2-3-4-5-6-12-19-25-22-16-11-10-15-21(22)24-23(25)18-17-20-13-8-7-9-14-20/h7-11,13-18H,2-6,12,19H2,1H3/b18-17+. The molecule has 0 atom stereocenters. The quantitative estimate of drug-likeness (QED) is 0.405. The molecule has 2 heteroatoms. The van der Waals surface area contributed by atoms with Crippen LogP contribution in [0.4, 0.5) is 0 Å². The van der Waals surface area contributed by atoms with Gasteiger partial charge in [-0.15, -0.1) is 0 Å². The Labute approximate surface area is 151 Å². The van der Waals surface area contributed by atoms with Crippen molar-refractivity contribution in [2.24, 2.45) is 0 Å². The van der Waals surface area contributed by atoms with E-state index in [4.69, 9.17) is 4.98 Å². The number of fused-ring (bicyclic) bond motifs is 1. The van der Waals surface area contributed by atoms with E-state index in [1.807, 2.05) is 6.07 Å². The van der Waals surface area contributed by atoms with E-state index in [1.165, 1.54) is 49.6 Å². The first-order valence-electron chi connectivity index (χ1n) is 9.57. The van der Waals surface area contributed by atoms with Gasteiger partial charge in [-0.25, -0.2) is 4.98 Å². The highest BCUT2D eigenvalue weighted by atomic mass is 15.1. The molecule has 0 amide bonds. The van der Waals surface area contributed by atoms with Crippen molar-refractivity contribution in [1.29, 1.82) is 0 Å². The second kappa shape index (κ2) is 9.22. The van der Waals surface area contributed by atoms with Crippen LogP contribution in [0.2, 0.25) is 0 Å². The van der Waals surface area contributed by atoms with Crippen LogP contribution in [-0.4, -0.2) is 9.55 Å². The van der Waals surface area contributed by atoms with Gasteiger partial charge >= 0.3 is 0 Å². The molecule has 0 aliphatic rings. The fourth-order valence-electron chi connectivity index (χ4n) is 3.24. The van der Waals surface area contributed by atoms with Gasteiger partial charge in [-0.3, -0.25) is 0 Å². The van der Waals surface area contributed by atoms with Crippen molar-refractivity contribution in [3.63, 3.8) is 0 Å². The predicted octanol–water partition coefficient (Wildman–Crippen LogP) is 6.57. The van der Waals surface area contributed by atoms with Crippen molar-refractivity contribution < 1.29 is 0 Å². The van der Waals surface area contributed by atoms with Crippen LogP contribution in [-0.2, 0) is 6.54 Å².